The van der Waals surface area contributed by atoms with Crippen molar-refractivity contribution in [1.82, 2.24) is 10.1 Å². The van der Waals surface area contributed by atoms with Crippen molar-refractivity contribution in [1.29, 1.82) is 0 Å². The van der Waals surface area contributed by atoms with E-state index in [1.807, 2.05) is 4.90 Å². The van der Waals surface area contributed by atoms with E-state index < -0.39 is 0 Å². The molecule has 1 aliphatic rings. The van der Waals surface area contributed by atoms with Crippen molar-refractivity contribution in [2.45, 2.75) is 25.8 Å². The molecule has 1 fully saturated rings. The van der Waals surface area contributed by atoms with Gasteiger partial charge in [-0.25, -0.2) is 0 Å². The van der Waals surface area contributed by atoms with Gasteiger partial charge in [0.25, 0.3) is 0 Å². The number of rotatable bonds is 2. The third-order valence-corrected chi connectivity index (χ3v) is 2.35. The third kappa shape index (κ3) is 1.51. The Bertz CT molecular complexity index is 287. The van der Waals surface area contributed by atoms with Crippen LogP contribution < -0.4 is 4.90 Å². The Kier molecular flexibility index (Phi) is 2.18. The highest BCUT2D eigenvalue weighted by Crippen LogP contribution is 2.23. The van der Waals surface area contributed by atoms with E-state index >= 15 is 0 Å². The molecule has 2 rings (SSSR count). The number of hydrogen-bond acceptors (Lipinski definition) is 5. The van der Waals surface area contributed by atoms with E-state index in [9.17, 15) is 0 Å². The van der Waals surface area contributed by atoms with Gasteiger partial charge in [0.05, 0.1) is 12.6 Å². The number of hydrogen-bond donors (Lipinski definition) is 1. The van der Waals surface area contributed by atoms with Crippen molar-refractivity contribution in [3.05, 3.63) is 5.82 Å². The molecule has 0 amide bonds. The van der Waals surface area contributed by atoms with Crippen molar-refractivity contribution >= 4 is 6.01 Å². The van der Waals surface area contributed by atoms with Gasteiger partial charge in [-0.15, -0.1) is 0 Å². The molecule has 1 N–H and O–H groups in total. The second kappa shape index (κ2) is 3.33. The van der Waals surface area contributed by atoms with Crippen LogP contribution in [0.3, 0.4) is 0 Å². The van der Waals surface area contributed by atoms with Crippen molar-refractivity contribution in [2.75, 3.05) is 18.1 Å². The van der Waals surface area contributed by atoms with Crippen molar-refractivity contribution in [2.24, 2.45) is 0 Å². The maximum absolute atomic E-state index is 9.07. The molecule has 1 aromatic heterocycles. The molecule has 0 saturated carbocycles. The normalized spacial score (nSPS) is 22.6. The molecule has 1 unspecified atom stereocenters. The van der Waals surface area contributed by atoms with Crippen LogP contribution in [0.25, 0.3) is 0 Å². The molecule has 0 aromatic carbocycles. The van der Waals surface area contributed by atoms with E-state index in [4.69, 9.17) is 9.63 Å². The summed E-state index contributed by atoms with van der Waals surface area (Å²) in [5.41, 5.74) is 0. The summed E-state index contributed by atoms with van der Waals surface area (Å²) in [6.07, 6.45) is 2.07. The molecule has 1 aromatic rings. The van der Waals surface area contributed by atoms with Crippen molar-refractivity contribution in [3.63, 3.8) is 0 Å². The quantitative estimate of drug-likeness (QED) is 0.716. The molecule has 0 bridgehead atoms. The first kappa shape index (κ1) is 8.50. The zero-order chi connectivity index (χ0) is 9.26. The number of aryl methyl sites for hydroxylation is 1. The summed E-state index contributed by atoms with van der Waals surface area (Å²) in [5, 5.41) is 12.8. The molecule has 0 aliphatic carbocycles. The van der Waals surface area contributed by atoms with Gasteiger partial charge < -0.3 is 14.5 Å². The molecule has 1 saturated heterocycles. The Morgan fingerprint density at radius 3 is 3.15 bits per heavy atom. The number of nitrogens with zero attached hydrogens (tertiary/aromatic N) is 3. The molecule has 1 aliphatic heterocycles. The molecule has 0 spiro atoms. The minimum absolute atomic E-state index is 0.153. The van der Waals surface area contributed by atoms with Gasteiger partial charge in [-0.1, -0.05) is 5.16 Å². The van der Waals surface area contributed by atoms with Crippen LogP contribution in [0, 0.1) is 6.92 Å². The molecular weight excluding hydrogens is 170 g/mol. The predicted octanol–water partition coefficient (Wildman–Crippen LogP) is 0.339. The fourth-order valence-corrected chi connectivity index (χ4v) is 1.68. The minimum Gasteiger partial charge on any atom is -0.394 e. The Hall–Kier alpha value is -1.10. The summed E-state index contributed by atoms with van der Waals surface area (Å²) >= 11 is 0. The summed E-state index contributed by atoms with van der Waals surface area (Å²) in [6, 6.07) is 0.689. The Labute approximate surface area is 76.4 Å². The summed E-state index contributed by atoms with van der Waals surface area (Å²) in [4.78, 5) is 6.10. The summed E-state index contributed by atoms with van der Waals surface area (Å²) in [6.45, 7) is 2.84. The molecular formula is C8H13N3O2. The van der Waals surface area contributed by atoms with Gasteiger partial charge in [0, 0.05) is 6.54 Å². The van der Waals surface area contributed by atoms with Gasteiger partial charge >= 0.3 is 6.01 Å². The average Bonchev–Trinajstić information content (AvgIpc) is 2.71. The van der Waals surface area contributed by atoms with Crippen molar-refractivity contribution < 1.29 is 9.63 Å². The highest BCUT2D eigenvalue weighted by molar-refractivity contribution is 5.29. The molecule has 0 radical (unpaired) electrons. The van der Waals surface area contributed by atoms with Crippen molar-refractivity contribution in [3.8, 4) is 0 Å². The first-order chi connectivity index (χ1) is 6.31. The van der Waals surface area contributed by atoms with Gasteiger partial charge in [0.15, 0.2) is 5.82 Å². The fourth-order valence-electron chi connectivity index (χ4n) is 1.68. The van der Waals surface area contributed by atoms with Gasteiger partial charge in [-0.05, 0) is 19.8 Å². The lowest BCUT2D eigenvalue weighted by Gasteiger charge is -2.19. The Morgan fingerprint density at radius 2 is 2.54 bits per heavy atom. The SMILES string of the molecule is Cc1noc(N2CCCC2CO)n1. The van der Waals surface area contributed by atoms with E-state index in [2.05, 4.69) is 10.1 Å². The standard InChI is InChI=1S/C8H13N3O2/c1-6-9-8(13-10-6)11-4-2-3-7(11)5-12/h7,12H,2-5H2,1H3. The highest BCUT2D eigenvalue weighted by Gasteiger charge is 2.27. The van der Waals surface area contributed by atoms with Crippen LogP contribution >= 0.6 is 0 Å². The van der Waals surface area contributed by atoms with Gasteiger partial charge in [-0.2, -0.15) is 4.98 Å². The van der Waals surface area contributed by atoms with E-state index in [1.165, 1.54) is 0 Å². The van der Waals surface area contributed by atoms with Gasteiger partial charge in [0.2, 0.25) is 0 Å². The number of aromatic nitrogens is 2. The fraction of sp³-hybridized carbons (Fsp3) is 0.750. The van der Waals surface area contributed by atoms with E-state index in [1.54, 1.807) is 6.92 Å². The van der Waals surface area contributed by atoms with E-state index in [0.29, 0.717) is 11.8 Å². The van der Waals surface area contributed by atoms with E-state index in [0.717, 1.165) is 19.4 Å². The number of anilines is 1. The maximum Gasteiger partial charge on any atom is 0.324 e. The zero-order valence-electron chi connectivity index (χ0n) is 7.60. The van der Waals surface area contributed by atoms with Crippen LogP contribution in [-0.4, -0.2) is 34.4 Å². The van der Waals surface area contributed by atoms with Crippen LogP contribution in [0.15, 0.2) is 4.52 Å². The lowest BCUT2D eigenvalue weighted by atomic mass is 10.2. The largest absolute Gasteiger partial charge is 0.394 e. The lowest BCUT2D eigenvalue weighted by molar-refractivity contribution is 0.261. The second-order valence-electron chi connectivity index (χ2n) is 3.30. The van der Waals surface area contributed by atoms with Gasteiger partial charge in [0.1, 0.15) is 0 Å². The van der Waals surface area contributed by atoms with Crippen LogP contribution in [-0.2, 0) is 0 Å². The molecule has 2 heterocycles. The first-order valence-electron chi connectivity index (χ1n) is 4.49. The van der Waals surface area contributed by atoms with Crippen LogP contribution in [0.2, 0.25) is 0 Å². The van der Waals surface area contributed by atoms with Crippen LogP contribution in [0.1, 0.15) is 18.7 Å². The van der Waals surface area contributed by atoms with Crippen LogP contribution in [0.4, 0.5) is 6.01 Å². The zero-order valence-corrected chi connectivity index (χ0v) is 7.60. The molecule has 5 heteroatoms. The second-order valence-corrected chi connectivity index (χ2v) is 3.30. The monoisotopic (exact) mass is 183 g/mol. The summed E-state index contributed by atoms with van der Waals surface area (Å²) < 4.78 is 5.03. The highest BCUT2D eigenvalue weighted by atomic mass is 16.5. The molecule has 1 atom stereocenters. The number of aliphatic hydroxyl groups is 1. The molecule has 13 heavy (non-hydrogen) atoms. The number of aliphatic hydroxyl groups excluding tert-OH is 1. The Morgan fingerprint density at radius 1 is 1.69 bits per heavy atom. The summed E-state index contributed by atoms with van der Waals surface area (Å²) in [7, 11) is 0. The minimum atomic E-state index is 0.153. The topological polar surface area (TPSA) is 62.4 Å². The summed E-state index contributed by atoms with van der Waals surface area (Å²) in [5.74, 6) is 0.638. The average molecular weight is 183 g/mol. The van der Waals surface area contributed by atoms with E-state index in [-0.39, 0.29) is 12.6 Å². The first-order valence-corrected chi connectivity index (χ1v) is 4.49. The third-order valence-electron chi connectivity index (χ3n) is 2.35. The maximum atomic E-state index is 9.07. The lowest BCUT2D eigenvalue weighted by Crippen LogP contribution is -2.32. The molecule has 72 valence electrons. The Balaban J connectivity index is 2.15. The molecule has 5 nitrogen and oxygen atoms in total. The smallest absolute Gasteiger partial charge is 0.324 e. The predicted molar refractivity (Wildman–Crippen MR) is 46.5 cm³/mol. The van der Waals surface area contributed by atoms with Gasteiger partial charge in [-0.3, -0.25) is 0 Å². The van der Waals surface area contributed by atoms with Crippen LogP contribution in [0.5, 0.6) is 0 Å².